The summed E-state index contributed by atoms with van der Waals surface area (Å²) >= 11 is 0. The monoisotopic (exact) mass is 586 g/mol. The van der Waals surface area contributed by atoms with E-state index in [1.165, 1.54) is 0 Å². The van der Waals surface area contributed by atoms with Crippen LogP contribution in [0.2, 0.25) is 0 Å². The normalized spacial score (nSPS) is 50.1. The van der Waals surface area contributed by atoms with Crippen LogP contribution < -0.4 is 5.73 Å². The Labute approximate surface area is 247 Å². The number of nitrogens with two attached hydrogens (primary N) is 1. The first kappa shape index (κ1) is 29.0. The Balaban J connectivity index is 1.41. The fourth-order valence-electron chi connectivity index (χ4n) is 12.0. The van der Waals surface area contributed by atoms with Gasteiger partial charge < -0.3 is 39.6 Å². The maximum atomic E-state index is 13.4. The molecule has 7 rings (SSSR count). The van der Waals surface area contributed by atoms with E-state index in [1.54, 1.807) is 52.7 Å². The van der Waals surface area contributed by atoms with E-state index in [0.717, 1.165) is 19.3 Å². The van der Waals surface area contributed by atoms with Gasteiger partial charge in [-0.3, -0.25) is 4.90 Å². The number of rotatable bonds is 8. The molecule has 0 amide bonds. The predicted molar refractivity (Wildman–Crippen MR) is 153 cm³/mol. The average Bonchev–Trinajstić information content (AvgIpc) is 3.41. The van der Waals surface area contributed by atoms with Crippen LogP contribution in [0.1, 0.15) is 43.0 Å². The Hall–Kier alpha value is -1.79. The zero-order valence-corrected chi connectivity index (χ0v) is 25.3. The first-order valence-corrected chi connectivity index (χ1v) is 15.5. The van der Waals surface area contributed by atoms with Crippen molar-refractivity contribution in [1.29, 1.82) is 0 Å². The molecule has 0 aromatic heterocycles. The number of hydrogen-bond donors (Lipinski definition) is 3. The van der Waals surface area contributed by atoms with Crippen molar-refractivity contribution in [1.82, 2.24) is 4.90 Å². The van der Waals surface area contributed by atoms with Crippen LogP contribution in [0, 0.1) is 34.5 Å². The largest absolute Gasteiger partial charge is 0.461 e. The Morgan fingerprint density at radius 3 is 2.50 bits per heavy atom. The number of anilines is 1. The van der Waals surface area contributed by atoms with Gasteiger partial charge in [0.2, 0.25) is 0 Å². The van der Waals surface area contributed by atoms with Crippen LogP contribution >= 0.6 is 0 Å². The number of para-hydroxylation sites is 1. The van der Waals surface area contributed by atoms with Crippen LogP contribution in [0.3, 0.4) is 0 Å². The lowest BCUT2D eigenvalue weighted by molar-refractivity contribution is -0.320. The SMILES string of the molecule is CCN1C[C@]2(COC(=O)c3ccccc3N)CC[C@H](OC)C34C5CC6[C@H](OC)C5[C@](O)(C[C@@H]6OC)C(O)(C13)[C@@H](OC)C42. The third kappa shape index (κ3) is 3.12. The third-order valence-corrected chi connectivity index (χ3v) is 13.0. The number of ether oxygens (including phenoxy) is 5. The number of carbonyl (C=O) groups excluding carboxylic acids is 1. The molecule has 6 fully saturated rings. The zero-order valence-electron chi connectivity index (χ0n) is 25.3. The number of piperidine rings is 1. The molecule has 1 saturated heterocycles. The van der Waals surface area contributed by atoms with Crippen molar-refractivity contribution < 1.29 is 38.7 Å². The van der Waals surface area contributed by atoms with Crippen LogP contribution in [0.15, 0.2) is 24.3 Å². The summed E-state index contributed by atoms with van der Waals surface area (Å²) in [5.74, 6) is -0.892. The van der Waals surface area contributed by atoms with Crippen LogP contribution in [0.25, 0.3) is 0 Å². The highest BCUT2D eigenvalue weighted by Crippen LogP contribution is 2.80. The zero-order chi connectivity index (χ0) is 29.8. The van der Waals surface area contributed by atoms with E-state index >= 15 is 0 Å². The number of nitrogen functional groups attached to an aromatic ring is 1. The average molecular weight is 587 g/mol. The van der Waals surface area contributed by atoms with E-state index in [9.17, 15) is 15.0 Å². The quantitative estimate of drug-likeness (QED) is 0.306. The van der Waals surface area contributed by atoms with Crippen molar-refractivity contribution in [3.05, 3.63) is 29.8 Å². The Kier molecular flexibility index (Phi) is 6.62. The van der Waals surface area contributed by atoms with Crippen LogP contribution in [0.5, 0.6) is 0 Å². The lowest BCUT2D eigenvalue weighted by Crippen LogP contribution is -2.82. The maximum absolute atomic E-state index is 13.4. The molecular formula is C32H46N2O8. The molecule has 4 N–H and O–H groups in total. The minimum absolute atomic E-state index is 0.00697. The van der Waals surface area contributed by atoms with Crippen molar-refractivity contribution in [2.75, 3.05) is 53.9 Å². The number of likely N-dealkylation sites (tertiary alicyclic amines) is 1. The molecule has 1 heterocycles. The molecule has 10 nitrogen and oxygen atoms in total. The second-order valence-corrected chi connectivity index (χ2v) is 13.8. The summed E-state index contributed by atoms with van der Waals surface area (Å²) in [6.07, 6.45) is 1.22. The van der Waals surface area contributed by atoms with Gasteiger partial charge >= 0.3 is 5.97 Å². The molecule has 1 aromatic rings. The first-order valence-electron chi connectivity index (χ1n) is 15.5. The molecule has 0 radical (unpaired) electrons. The minimum atomic E-state index is -1.62. The molecule has 1 aliphatic heterocycles. The van der Waals surface area contributed by atoms with Gasteiger partial charge in [-0.15, -0.1) is 0 Å². The molecule has 10 heteroatoms. The number of methoxy groups -OCH3 is 4. The summed E-state index contributed by atoms with van der Waals surface area (Å²) < 4.78 is 31.1. The summed E-state index contributed by atoms with van der Waals surface area (Å²) in [6.45, 7) is 3.54. The van der Waals surface area contributed by atoms with Crippen LogP contribution in [-0.4, -0.2) is 111 Å². The van der Waals surface area contributed by atoms with Crippen LogP contribution in [-0.2, 0) is 23.7 Å². The second kappa shape index (κ2) is 9.60. The van der Waals surface area contributed by atoms with Crippen molar-refractivity contribution >= 4 is 11.7 Å². The van der Waals surface area contributed by atoms with Crippen LogP contribution in [0.4, 0.5) is 5.69 Å². The summed E-state index contributed by atoms with van der Waals surface area (Å²) in [5.41, 5.74) is 2.65. The molecule has 232 valence electrons. The van der Waals surface area contributed by atoms with Crippen molar-refractivity contribution in [2.45, 2.75) is 74.3 Å². The molecule has 5 aliphatic carbocycles. The van der Waals surface area contributed by atoms with Gasteiger partial charge in [-0.2, -0.15) is 0 Å². The topological polar surface area (TPSA) is 133 Å². The number of hydrogen-bond acceptors (Lipinski definition) is 10. The molecule has 13 atom stereocenters. The molecule has 1 spiro atoms. The number of carbonyl (C=O) groups is 1. The number of fused-ring (bicyclic) bond motifs is 2. The van der Waals surface area contributed by atoms with E-state index < -0.39 is 40.1 Å². The van der Waals surface area contributed by atoms with Crippen molar-refractivity contribution in [2.24, 2.45) is 34.5 Å². The second-order valence-electron chi connectivity index (χ2n) is 13.8. The van der Waals surface area contributed by atoms with E-state index in [-0.39, 0.29) is 48.6 Å². The minimum Gasteiger partial charge on any atom is -0.461 e. The molecule has 7 bridgehead atoms. The summed E-state index contributed by atoms with van der Waals surface area (Å²) in [6, 6.07) is 6.55. The number of nitrogens with zero attached hydrogens (tertiary/aromatic N) is 1. The number of aliphatic hydroxyl groups is 2. The lowest BCUT2D eigenvalue weighted by Gasteiger charge is -2.70. The van der Waals surface area contributed by atoms with E-state index in [4.69, 9.17) is 29.4 Å². The highest BCUT2D eigenvalue weighted by Gasteiger charge is 2.91. The third-order valence-electron chi connectivity index (χ3n) is 13.0. The van der Waals surface area contributed by atoms with Gasteiger partial charge in [0, 0.05) is 75.7 Å². The highest BCUT2D eigenvalue weighted by molar-refractivity contribution is 5.95. The number of esters is 1. The smallest absolute Gasteiger partial charge is 0.340 e. The number of likely N-dealkylation sites (N-methyl/N-ethyl adjacent to an activating group) is 1. The lowest BCUT2D eigenvalue weighted by atomic mass is 9.42. The molecule has 5 saturated carbocycles. The van der Waals surface area contributed by atoms with Gasteiger partial charge in [0.1, 0.15) is 11.2 Å². The fourth-order valence-corrected chi connectivity index (χ4v) is 12.0. The van der Waals surface area contributed by atoms with Gasteiger partial charge in [0.05, 0.1) is 42.6 Å². The summed E-state index contributed by atoms with van der Waals surface area (Å²) in [5, 5.41) is 26.3. The predicted octanol–water partition coefficient (Wildman–Crippen LogP) is 1.72. The molecule has 42 heavy (non-hydrogen) atoms. The maximum Gasteiger partial charge on any atom is 0.340 e. The number of benzene rings is 1. The highest BCUT2D eigenvalue weighted by atomic mass is 16.5. The molecule has 6 aliphatic rings. The van der Waals surface area contributed by atoms with Gasteiger partial charge in [-0.1, -0.05) is 19.1 Å². The van der Waals surface area contributed by atoms with E-state index in [2.05, 4.69) is 11.8 Å². The summed E-state index contributed by atoms with van der Waals surface area (Å²) in [4.78, 5) is 15.7. The summed E-state index contributed by atoms with van der Waals surface area (Å²) in [7, 11) is 6.80. The molecular weight excluding hydrogens is 540 g/mol. The van der Waals surface area contributed by atoms with Gasteiger partial charge in [0.25, 0.3) is 0 Å². The first-order chi connectivity index (χ1) is 20.1. The van der Waals surface area contributed by atoms with Crippen molar-refractivity contribution in [3.8, 4) is 0 Å². The van der Waals surface area contributed by atoms with E-state index in [0.29, 0.717) is 30.8 Å². The van der Waals surface area contributed by atoms with Gasteiger partial charge in [0.15, 0.2) is 0 Å². The Bertz CT molecular complexity index is 1250. The molecule has 1 aromatic carbocycles. The Morgan fingerprint density at radius 1 is 1.10 bits per heavy atom. The standard InChI is InChI=1S/C32H46N2O8/c1-6-34-15-29(16-42-27(35)17-9-7-8-10-20(17)33)12-11-22(39-3)31-19-13-18-21(38-2)14-30(36,23(19)24(18)40-4)32(37,28(31)34)26(41-5)25(29)31/h7-10,18-19,21-26,28,36-37H,6,11-16,33H2,1-5H3/t18?,19?,21-,22-,23?,24-,25?,26-,28?,29-,30+,31?,32?/m0/s1. The fraction of sp³-hybridized carbons (Fsp3) is 0.781. The Morgan fingerprint density at radius 2 is 1.86 bits per heavy atom. The molecule has 7 unspecified atom stereocenters. The van der Waals surface area contributed by atoms with Gasteiger partial charge in [-0.05, 0) is 43.9 Å². The van der Waals surface area contributed by atoms with Gasteiger partial charge in [-0.25, -0.2) is 4.79 Å². The van der Waals surface area contributed by atoms with E-state index in [1.807, 2.05) is 0 Å². The van der Waals surface area contributed by atoms with Crippen molar-refractivity contribution in [3.63, 3.8) is 0 Å².